The summed E-state index contributed by atoms with van der Waals surface area (Å²) < 4.78 is 4.55. The summed E-state index contributed by atoms with van der Waals surface area (Å²) in [4.78, 5) is 16.1. The number of esters is 1. The fraction of sp³-hybridized carbons (Fsp3) is 0.500. The first-order chi connectivity index (χ1) is 6.06. The van der Waals surface area contributed by atoms with Crippen molar-refractivity contribution in [1.29, 1.82) is 0 Å². The van der Waals surface area contributed by atoms with Gasteiger partial charge in [0.1, 0.15) is 0 Å². The van der Waals surface area contributed by atoms with Gasteiger partial charge in [-0.2, -0.15) is 0 Å². The van der Waals surface area contributed by atoms with Gasteiger partial charge in [0.05, 0.1) is 12.8 Å². The van der Waals surface area contributed by atoms with Crippen molar-refractivity contribution in [3.63, 3.8) is 0 Å². The summed E-state index contributed by atoms with van der Waals surface area (Å²) in [5.41, 5.74) is 6.49. The molecular weight excluding hydrogens is 188 g/mol. The van der Waals surface area contributed by atoms with E-state index < -0.39 is 5.97 Å². The van der Waals surface area contributed by atoms with Gasteiger partial charge in [-0.15, -0.1) is 11.3 Å². The molecule has 5 heteroatoms. The van der Waals surface area contributed by atoms with Gasteiger partial charge in [0.25, 0.3) is 0 Å². The van der Waals surface area contributed by atoms with Crippen LogP contribution in [-0.2, 0) is 4.74 Å². The molecule has 0 bridgehead atoms. The average molecular weight is 200 g/mol. The minimum Gasteiger partial charge on any atom is -0.464 e. The Bertz CT molecular complexity index is 320. The monoisotopic (exact) mass is 200 g/mol. The van der Waals surface area contributed by atoms with Gasteiger partial charge >= 0.3 is 5.97 Å². The zero-order valence-corrected chi connectivity index (χ0v) is 8.64. The third-order valence-corrected chi connectivity index (χ3v) is 2.94. The number of nitrogens with zero attached hydrogens (tertiary/aromatic N) is 1. The van der Waals surface area contributed by atoms with Crippen LogP contribution in [0, 0.1) is 6.92 Å². The number of ether oxygens (including phenoxy) is 1. The molecule has 1 heterocycles. The maximum absolute atomic E-state index is 11.1. The molecule has 4 nitrogen and oxygen atoms in total. The van der Waals surface area contributed by atoms with Crippen LogP contribution < -0.4 is 5.73 Å². The first-order valence-electron chi connectivity index (χ1n) is 3.87. The van der Waals surface area contributed by atoms with Crippen molar-refractivity contribution in [3.05, 3.63) is 15.6 Å². The van der Waals surface area contributed by atoms with Gasteiger partial charge in [-0.05, 0) is 13.8 Å². The highest BCUT2D eigenvalue weighted by Crippen LogP contribution is 2.23. The molecular formula is C8H12N2O2S. The Morgan fingerprint density at radius 1 is 1.69 bits per heavy atom. The van der Waals surface area contributed by atoms with E-state index in [-0.39, 0.29) is 6.04 Å². The lowest BCUT2D eigenvalue weighted by atomic mass is 10.2. The second-order valence-corrected chi connectivity index (χ2v) is 3.78. The van der Waals surface area contributed by atoms with Crippen LogP contribution in [0.4, 0.5) is 0 Å². The Balaban J connectivity index is 3.02. The summed E-state index contributed by atoms with van der Waals surface area (Å²) in [5, 5.41) is 0.368. The number of nitrogens with two attached hydrogens (primary N) is 1. The van der Waals surface area contributed by atoms with Crippen molar-refractivity contribution in [2.75, 3.05) is 7.11 Å². The Labute approximate surface area is 80.7 Å². The van der Waals surface area contributed by atoms with E-state index in [0.29, 0.717) is 5.01 Å². The molecule has 1 atom stereocenters. The minimum absolute atomic E-state index is 0.0871. The lowest BCUT2D eigenvalue weighted by Gasteiger charge is -1.99. The zero-order chi connectivity index (χ0) is 10.0. The molecule has 0 radical (unpaired) electrons. The Hall–Kier alpha value is -0.940. The molecule has 72 valence electrons. The molecule has 1 aromatic heterocycles. The van der Waals surface area contributed by atoms with Crippen molar-refractivity contribution in [3.8, 4) is 0 Å². The summed E-state index contributed by atoms with van der Waals surface area (Å²) in [6, 6.07) is -0.0871. The fourth-order valence-electron chi connectivity index (χ4n) is 1.01. The molecule has 2 N–H and O–H groups in total. The normalized spacial score (nSPS) is 12.6. The van der Waals surface area contributed by atoms with Crippen LogP contribution in [0.15, 0.2) is 0 Å². The highest BCUT2D eigenvalue weighted by atomic mass is 32.1. The minimum atomic E-state index is -0.403. The maximum atomic E-state index is 11.1. The van der Waals surface area contributed by atoms with Gasteiger partial charge in [-0.3, -0.25) is 0 Å². The Kier molecular flexibility index (Phi) is 3.00. The SMILES string of the molecule is COC(=O)c1nc(C)c(C(C)N)s1. The number of thiazole rings is 1. The van der Waals surface area contributed by atoms with Crippen LogP contribution in [0.2, 0.25) is 0 Å². The van der Waals surface area contributed by atoms with Crippen molar-refractivity contribution in [1.82, 2.24) is 4.98 Å². The van der Waals surface area contributed by atoms with Gasteiger partial charge < -0.3 is 10.5 Å². The van der Waals surface area contributed by atoms with Crippen LogP contribution in [0.25, 0.3) is 0 Å². The number of hydrogen-bond acceptors (Lipinski definition) is 5. The molecule has 1 unspecified atom stereocenters. The molecule has 0 amide bonds. The fourth-order valence-corrected chi connectivity index (χ4v) is 1.94. The van der Waals surface area contributed by atoms with E-state index in [0.717, 1.165) is 10.6 Å². The van der Waals surface area contributed by atoms with E-state index in [2.05, 4.69) is 9.72 Å². The van der Waals surface area contributed by atoms with Crippen LogP contribution in [0.1, 0.15) is 33.3 Å². The molecule has 1 rings (SSSR count). The standard InChI is InChI=1S/C8H12N2O2S/c1-4(9)6-5(2)10-7(13-6)8(11)12-3/h4H,9H2,1-3H3. The van der Waals surface area contributed by atoms with Gasteiger partial charge in [-0.1, -0.05) is 0 Å². The van der Waals surface area contributed by atoms with E-state index in [4.69, 9.17) is 5.73 Å². The number of carbonyl (C=O) groups is 1. The molecule has 0 saturated heterocycles. The first kappa shape index (κ1) is 10.1. The second kappa shape index (κ2) is 3.85. The third-order valence-electron chi connectivity index (χ3n) is 1.61. The molecule has 1 aromatic rings. The van der Waals surface area contributed by atoms with E-state index >= 15 is 0 Å². The second-order valence-electron chi connectivity index (χ2n) is 2.75. The first-order valence-corrected chi connectivity index (χ1v) is 4.69. The van der Waals surface area contributed by atoms with Gasteiger partial charge in [0.15, 0.2) is 0 Å². The molecule has 0 aromatic carbocycles. The van der Waals surface area contributed by atoms with E-state index in [1.54, 1.807) is 0 Å². The van der Waals surface area contributed by atoms with E-state index in [1.165, 1.54) is 18.4 Å². The lowest BCUT2D eigenvalue weighted by molar-refractivity contribution is 0.0600. The van der Waals surface area contributed by atoms with E-state index in [1.807, 2.05) is 13.8 Å². The third kappa shape index (κ3) is 2.05. The zero-order valence-electron chi connectivity index (χ0n) is 7.83. The smallest absolute Gasteiger partial charge is 0.367 e. The predicted octanol–water partition coefficient (Wildman–Crippen LogP) is 1.26. The van der Waals surface area contributed by atoms with Crippen molar-refractivity contribution in [2.24, 2.45) is 5.73 Å². The van der Waals surface area contributed by atoms with Gasteiger partial charge in [0, 0.05) is 10.9 Å². The molecule has 0 aliphatic rings. The Morgan fingerprint density at radius 3 is 2.69 bits per heavy atom. The molecule has 0 spiro atoms. The molecule has 0 aliphatic heterocycles. The van der Waals surface area contributed by atoms with Crippen molar-refractivity contribution >= 4 is 17.3 Å². The molecule has 0 aliphatic carbocycles. The largest absolute Gasteiger partial charge is 0.464 e. The molecule has 13 heavy (non-hydrogen) atoms. The quantitative estimate of drug-likeness (QED) is 0.730. The van der Waals surface area contributed by atoms with Crippen molar-refractivity contribution in [2.45, 2.75) is 19.9 Å². The lowest BCUT2D eigenvalue weighted by Crippen LogP contribution is -2.03. The summed E-state index contributed by atoms with van der Waals surface area (Å²) in [6.07, 6.45) is 0. The van der Waals surface area contributed by atoms with Gasteiger partial charge in [-0.25, -0.2) is 9.78 Å². The van der Waals surface area contributed by atoms with Gasteiger partial charge in [0.2, 0.25) is 5.01 Å². The van der Waals surface area contributed by atoms with E-state index in [9.17, 15) is 4.79 Å². The van der Waals surface area contributed by atoms with Crippen molar-refractivity contribution < 1.29 is 9.53 Å². The maximum Gasteiger partial charge on any atom is 0.367 e. The Morgan fingerprint density at radius 2 is 2.31 bits per heavy atom. The summed E-state index contributed by atoms with van der Waals surface area (Å²) >= 11 is 1.29. The average Bonchev–Trinajstić information content (AvgIpc) is 2.46. The number of hydrogen-bond donors (Lipinski definition) is 1. The summed E-state index contributed by atoms with van der Waals surface area (Å²) in [5.74, 6) is -0.403. The number of aromatic nitrogens is 1. The number of carbonyl (C=O) groups excluding carboxylic acids is 1. The number of methoxy groups -OCH3 is 1. The summed E-state index contributed by atoms with van der Waals surface area (Å²) in [7, 11) is 1.34. The number of aryl methyl sites for hydroxylation is 1. The predicted molar refractivity (Wildman–Crippen MR) is 50.8 cm³/mol. The molecule has 0 fully saturated rings. The highest BCUT2D eigenvalue weighted by Gasteiger charge is 2.16. The highest BCUT2D eigenvalue weighted by molar-refractivity contribution is 7.13. The van der Waals surface area contributed by atoms with Crippen LogP contribution in [-0.4, -0.2) is 18.1 Å². The topological polar surface area (TPSA) is 65.2 Å². The van der Waals surface area contributed by atoms with Crippen LogP contribution in [0.5, 0.6) is 0 Å². The number of rotatable bonds is 2. The van der Waals surface area contributed by atoms with Crippen LogP contribution >= 0.6 is 11.3 Å². The van der Waals surface area contributed by atoms with Crippen LogP contribution in [0.3, 0.4) is 0 Å². The molecule has 0 saturated carbocycles. The summed E-state index contributed by atoms with van der Waals surface area (Å²) in [6.45, 7) is 3.70.